The summed E-state index contributed by atoms with van der Waals surface area (Å²) in [6, 6.07) is 10.0. The summed E-state index contributed by atoms with van der Waals surface area (Å²) in [7, 11) is 1.55. The zero-order chi connectivity index (χ0) is 18.7. The van der Waals surface area contributed by atoms with Crippen molar-refractivity contribution in [2.45, 2.75) is 37.6 Å². The lowest BCUT2D eigenvalue weighted by atomic mass is 9.79. The molecule has 2 unspecified atom stereocenters. The minimum Gasteiger partial charge on any atom is -0.480 e. The summed E-state index contributed by atoms with van der Waals surface area (Å²) in [6.07, 6.45) is 4.75. The van der Waals surface area contributed by atoms with Crippen molar-refractivity contribution >= 4 is 11.9 Å². The van der Waals surface area contributed by atoms with Crippen molar-refractivity contribution in [3.8, 4) is 0 Å². The molecule has 2 N–H and O–H groups in total. The van der Waals surface area contributed by atoms with Crippen LogP contribution in [0.15, 0.2) is 47.4 Å². The molecule has 136 valence electrons. The number of benzene rings is 1. The smallest absolute Gasteiger partial charge is 0.326 e. The number of hydrogen-bond donors (Lipinski definition) is 2. The van der Waals surface area contributed by atoms with E-state index in [1.807, 2.05) is 18.2 Å². The first-order valence-electron chi connectivity index (χ1n) is 8.74. The number of fused-ring (bicyclic) bond motifs is 1. The normalized spacial score (nSPS) is 17.2. The van der Waals surface area contributed by atoms with Crippen molar-refractivity contribution in [3.05, 3.63) is 69.6 Å². The summed E-state index contributed by atoms with van der Waals surface area (Å²) in [4.78, 5) is 36.2. The molecule has 0 saturated heterocycles. The molecule has 0 saturated carbocycles. The van der Waals surface area contributed by atoms with Crippen molar-refractivity contribution < 1.29 is 14.7 Å². The zero-order valence-corrected chi connectivity index (χ0v) is 14.6. The number of aryl methyl sites for hydroxylation is 2. The third-order valence-corrected chi connectivity index (χ3v) is 4.99. The SMILES string of the molecule is Cn1cccc(C(=O)NC(CC2CCCc3ccccc32)C(=O)O)c1=O. The number of amides is 1. The molecule has 26 heavy (non-hydrogen) atoms. The van der Waals surface area contributed by atoms with E-state index in [1.54, 1.807) is 19.3 Å². The second-order valence-corrected chi connectivity index (χ2v) is 6.73. The largest absolute Gasteiger partial charge is 0.480 e. The molecule has 1 aliphatic carbocycles. The predicted octanol–water partition coefficient (Wildman–Crippen LogP) is 2.08. The van der Waals surface area contributed by atoms with Gasteiger partial charge in [0, 0.05) is 13.2 Å². The van der Waals surface area contributed by atoms with Gasteiger partial charge in [0.15, 0.2) is 0 Å². The van der Waals surface area contributed by atoms with Gasteiger partial charge in [0.25, 0.3) is 11.5 Å². The first-order chi connectivity index (χ1) is 12.5. The van der Waals surface area contributed by atoms with Gasteiger partial charge in [0.2, 0.25) is 0 Å². The van der Waals surface area contributed by atoms with Crippen LogP contribution in [0.2, 0.25) is 0 Å². The molecular weight excluding hydrogens is 332 g/mol. The number of carboxylic acid groups (broad SMARTS) is 1. The van der Waals surface area contributed by atoms with E-state index >= 15 is 0 Å². The maximum absolute atomic E-state index is 12.4. The molecule has 2 atom stereocenters. The highest BCUT2D eigenvalue weighted by molar-refractivity contribution is 5.96. The van der Waals surface area contributed by atoms with Crippen LogP contribution in [0.1, 0.15) is 46.7 Å². The maximum Gasteiger partial charge on any atom is 0.326 e. The monoisotopic (exact) mass is 354 g/mol. The van der Waals surface area contributed by atoms with Gasteiger partial charge in [-0.3, -0.25) is 9.59 Å². The molecule has 0 radical (unpaired) electrons. The lowest BCUT2D eigenvalue weighted by Gasteiger charge is -2.28. The Balaban J connectivity index is 1.79. The van der Waals surface area contributed by atoms with Gasteiger partial charge in [-0.15, -0.1) is 0 Å². The number of hydrogen-bond acceptors (Lipinski definition) is 3. The van der Waals surface area contributed by atoms with E-state index in [0.29, 0.717) is 6.42 Å². The number of carboxylic acids is 1. The van der Waals surface area contributed by atoms with Crippen LogP contribution in [0, 0.1) is 0 Å². The molecule has 2 aromatic rings. The van der Waals surface area contributed by atoms with Crippen LogP contribution in [0.4, 0.5) is 0 Å². The van der Waals surface area contributed by atoms with Crippen molar-refractivity contribution in [2.24, 2.45) is 7.05 Å². The molecule has 6 nitrogen and oxygen atoms in total. The fourth-order valence-electron chi connectivity index (χ4n) is 3.61. The Labute approximate surface area is 151 Å². The van der Waals surface area contributed by atoms with Gasteiger partial charge in [0.05, 0.1) is 0 Å². The second-order valence-electron chi connectivity index (χ2n) is 6.73. The van der Waals surface area contributed by atoms with Crippen LogP contribution < -0.4 is 10.9 Å². The molecule has 1 heterocycles. The zero-order valence-electron chi connectivity index (χ0n) is 14.6. The summed E-state index contributed by atoms with van der Waals surface area (Å²) < 4.78 is 1.29. The third-order valence-electron chi connectivity index (χ3n) is 4.99. The fourth-order valence-corrected chi connectivity index (χ4v) is 3.61. The molecule has 1 aromatic heterocycles. The first kappa shape index (κ1) is 17.9. The fraction of sp³-hybridized carbons (Fsp3) is 0.350. The average molecular weight is 354 g/mol. The number of rotatable bonds is 5. The number of carbonyl (C=O) groups is 2. The van der Waals surface area contributed by atoms with E-state index in [2.05, 4.69) is 11.4 Å². The quantitative estimate of drug-likeness (QED) is 0.860. The van der Waals surface area contributed by atoms with E-state index in [4.69, 9.17) is 0 Å². The van der Waals surface area contributed by atoms with E-state index < -0.39 is 23.5 Å². The van der Waals surface area contributed by atoms with Crippen LogP contribution in [0.25, 0.3) is 0 Å². The minimum atomic E-state index is -1.09. The van der Waals surface area contributed by atoms with Gasteiger partial charge in [-0.1, -0.05) is 24.3 Å². The number of nitrogens with zero attached hydrogens (tertiary/aromatic N) is 1. The van der Waals surface area contributed by atoms with Crippen LogP contribution >= 0.6 is 0 Å². The Bertz CT molecular complexity index is 887. The highest BCUT2D eigenvalue weighted by Gasteiger charge is 2.28. The Morgan fingerprint density at radius 2 is 2.04 bits per heavy atom. The molecular formula is C20H22N2O4. The summed E-state index contributed by atoms with van der Waals surface area (Å²) in [5, 5.41) is 12.1. The van der Waals surface area contributed by atoms with Crippen molar-refractivity contribution in [1.82, 2.24) is 9.88 Å². The summed E-state index contributed by atoms with van der Waals surface area (Å²) in [5.74, 6) is -1.66. The third kappa shape index (κ3) is 3.69. The minimum absolute atomic E-state index is 0.0507. The summed E-state index contributed by atoms with van der Waals surface area (Å²) in [6.45, 7) is 0. The molecule has 0 aliphatic heterocycles. The molecule has 1 aliphatic rings. The first-order valence-corrected chi connectivity index (χ1v) is 8.74. The highest BCUT2D eigenvalue weighted by atomic mass is 16.4. The molecule has 0 spiro atoms. The maximum atomic E-state index is 12.4. The Morgan fingerprint density at radius 3 is 2.81 bits per heavy atom. The van der Waals surface area contributed by atoms with Gasteiger partial charge < -0.3 is 15.0 Å². The lowest BCUT2D eigenvalue weighted by Crippen LogP contribution is -2.44. The molecule has 1 amide bonds. The van der Waals surface area contributed by atoms with E-state index in [-0.39, 0.29) is 11.5 Å². The number of carbonyl (C=O) groups excluding carboxylic acids is 1. The Kier molecular flexibility index (Phi) is 5.21. The summed E-state index contributed by atoms with van der Waals surface area (Å²) >= 11 is 0. The average Bonchev–Trinajstić information content (AvgIpc) is 2.63. The van der Waals surface area contributed by atoms with E-state index in [1.165, 1.54) is 16.2 Å². The second kappa shape index (κ2) is 7.56. The van der Waals surface area contributed by atoms with Gasteiger partial charge in [-0.05, 0) is 54.9 Å². The number of aliphatic carboxylic acids is 1. The Morgan fingerprint density at radius 1 is 1.27 bits per heavy atom. The van der Waals surface area contributed by atoms with Crippen molar-refractivity contribution in [3.63, 3.8) is 0 Å². The van der Waals surface area contributed by atoms with E-state index in [0.717, 1.165) is 24.8 Å². The summed E-state index contributed by atoms with van der Waals surface area (Å²) in [5.41, 5.74) is 1.91. The van der Waals surface area contributed by atoms with E-state index in [9.17, 15) is 19.5 Å². The molecule has 3 rings (SSSR count). The number of pyridine rings is 1. The molecule has 1 aromatic carbocycles. The number of aromatic nitrogens is 1. The topological polar surface area (TPSA) is 88.4 Å². The van der Waals surface area contributed by atoms with Crippen LogP contribution in [-0.4, -0.2) is 27.6 Å². The van der Waals surface area contributed by atoms with Gasteiger partial charge >= 0.3 is 5.97 Å². The molecule has 0 fully saturated rings. The lowest BCUT2D eigenvalue weighted by molar-refractivity contribution is -0.139. The van der Waals surface area contributed by atoms with Gasteiger partial charge in [-0.25, -0.2) is 4.79 Å². The predicted molar refractivity (Wildman–Crippen MR) is 97.3 cm³/mol. The molecule has 0 bridgehead atoms. The van der Waals surface area contributed by atoms with Crippen molar-refractivity contribution in [2.75, 3.05) is 0 Å². The Hall–Kier alpha value is -2.89. The van der Waals surface area contributed by atoms with Crippen LogP contribution in [0.3, 0.4) is 0 Å². The highest BCUT2D eigenvalue weighted by Crippen LogP contribution is 2.34. The van der Waals surface area contributed by atoms with Crippen LogP contribution in [0.5, 0.6) is 0 Å². The van der Waals surface area contributed by atoms with Gasteiger partial charge in [-0.2, -0.15) is 0 Å². The van der Waals surface area contributed by atoms with Gasteiger partial charge in [0.1, 0.15) is 11.6 Å². The molecule has 6 heteroatoms. The standard InChI is InChI=1S/C20H22N2O4/c1-22-11-5-10-16(19(22)24)18(23)21-17(20(25)26)12-14-8-4-7-13-6-2-3-9-15(13)14/h2-3,5-6,9-11,14,17H,4,7-8,12H2,1H3,(H,21,23)(H,25,26). The van der Waals surface area contributed by atoms with Crippen LogP contribution in [-0.2, 0) is 18.3 Å². The number of nitrogens with one attached hydrogen (secondary N) is 1. The van der Waals surface area contributed by atoms with Crippen molar-refractivity contribution in [1.29, 1.82) is 0 Å².